The number of hydrogen-bond donors (Lipinski definition) is 1. The van der Waals surface area contributed by atoms with E-state index in [4.69, 9.17) is 5.73 Å². The SMILES string of the molecule is Nc1nnc(S(=O)(=O)Cc2cccc(F)c2)s1. The van der Waals surface area contributed by atoms with Gasteiger partial charge in [-0.25, -0.2) is 12.8 Å². The smallest absolute Gasteiger partial charge is 0.234 e. The van der Waals surface area contributed by atoms with Gasteiger partial charge in [0.05, 0.1) is 5.75 Å². The molecule has 17 heavy (non-hydrogen) atoms. The maximum absolute atomic E-state index is 12.9. The van der Waals surface area contributed by atoms with Gasteiger partial charge in [-0.05, 0) is 17.7 Å². The number of nitrogen functional groups attached to an aromatic ring is 1. The van der Waals surface area contributed by atoms with E-state index in [1.165, 1.54) is 24.3 Å². The molecule has 2 aromatic rings. The second kappa shape index (κ2) is 4.38. The third kappa shape index (κ3) is 2.77. The van der Waals surface area contributed by atoms with Crippen molar-refractivity contribution in [2.24, 2.45) is 0 Å². The molecule has 0 fully saturated rings. The highest BCUT2D eigenvalue weighted by atomic mass is 32.2. The molecule has 1 heterocycles. The highest BCUT2D eigenvalue weighted by Crippen LogP contribution is 2.21. The van der Waals surface area contributed by atoms with Crippen molar-refractivity contribution >= 4 is 26.3 Å². The molecule has 1 aromatic heterocycles. The van der Waals surface area contributed by atoms with Gasteiger partial charge >= 0.3 is 0 Å². The predicted octanol–water partition coefficient (Wildman–Crippen LogP) is 1.23. The van der Waals surface area contributed by atoms with Gasteiger partial charge in [0.15, 0.2) is 0 Å². The van der Waals surface area contributed by atoms with Gasteiger partial charge in [0, 0.05) is 0 Å². The number of hydrogen-bond acceptors (Lipinski definition) is 6. The third-order valence-corrected chi connectivity index (χ3v) is 4.82. The summed E-state index contributed by atoms with van der Waals surface area (Å²) in [6.07, 6.45) is 0. The molecule has 2 rings (SSSR count). The van der Waals surface area contributed by atoms with Gasteiger partial charge in [-0.1, -0.05) is 23.5 Å². The van der Waals surface area contributed by atoms with Crippen molar-refractivity contribution < 1.29 is 12.8 Å². The summed E-state index contributed by atoms with van der Waals surface area (Å²) in [4.78, 5) is 0. The summed E-state index contributed by atoms with van der Waals surface area (Å²) < 4.78 is 36.5. The minimum atomic E-state index is -3.61. The van der Waals surface area contributed by atoms with Gasteiger partial charge < -0.3 is 5.73 Å². The first-order chi connectivity index (χ1) is 7.97. The van der Waals surface area contributed by atoms with E-state index in [1.54, 1.807) is 0 Å². The molecule has 5 nitrogen and oxygen atoms in total. The van der Waals surface area contributed by atoms with Crippen LogP contribution in [0.4, 0.5) is 9.52 Å². The lowest BCUT2D eigenvalue weighted by molar-refractivity contribution is 0.592. The molecule has 0 amide bonds. The molecule has 0 aliphatic heterocycles. The summed E-state index contributed by atoms with van der Waals surface area (Å²) in [6.45, 7) is 0. The number of nitrogens with two attached hydrogens (primary N) is 1. The minimum absolute atomic E-state index is 0.0859. The second-order valence-corrected chi connectivity index (χ2v) is 6.47. The maximum atomic E-state index is 12.9. The van der Waals surface area contributed by atoms with Crippen LogP contribution in [0.25, 0.3) is 0 Å². The first-order valence-electron chi connectivity index (χ1n) is 4.53. The van der Waals surface area contributed by atoms with Crippen molar-refractivity contribution in [2.45, 2.75) is 10.1 Å². The molecule has 0 atom stereocenters. The van der Waals surface area contributed by atoms with Crippen LogP contribution in [-0.2, 0) is 15.6 Å². The van der Waals surface area contributed by atoms with E-state index in [9.17, 15) is 12.8 Å². The first kappa shape index (κ1) is 11.9. The van der Waals surface area contributed by atoms with Gasteiger partial charge in [-0.3, -0.25) is 0 Å². The zero-order valence-electron chi connectivity index (χ0n) is 8.50. The zero-order valence-corrected chi connectivity index (χ0v) is 10.1. The molecule has 0 bridgehead atoms. The Kier molecular flexibility index (Phi) is 3.07. The summed E-state index contributed by atoms with van der Waals surface area (Å²) in [7, 11) is -3.61. The van der Waals surface area contributed by atoms with E-state index in [1.807, 2.05) is 0 Å². The van der Waals surface area contributed by atoms with Gasteiger partial charge in [-0.15, -0.1) is 10.2 Å². The van der Waals surface area contributed by atoms with Crippen LogP contribution < -0.4 is 5.73 Å². The number of aromatic nitrogens is 2. The summed E-state index contributed by atoms with van der Waals surface area (Å²) in [5.41, 5.74) is 5.67. The Hall–Kier alpha value is -1.54. The number of halogens is 1. The standard InChI is InChI=1S/C9H8FN3O2S2/c10-7-3-1-2-6(4-7)5-17(14,15)9-13-12-8(11)16-9/h1-4H,5H2,(H2,11,12). The lowest BCUT2D eigenvalue weighted by atomic mass is 10.2. The first-order valence-corrected chi connectivity index (χ1v) is 7.00. The van der Waals surface area contributed by atoms with Crippen molar-refractivity contribution in [2.75, 3.05) is 5.73 Å². The lowest BCUT2D eigenvalue weighted by Gasteiger charge is -2.00. The number of benzene rings is 1. The molecular weight excluding hydrogens is 265 g/mol. The summed E-state index contributed by atoms with van der Waals surface area (Å²) in [6, 6.07) is 5.40. The molecule has 0 spiro atoms. The topological polar surface area (TPSA) is 85.9 Å². The summed E-state index contributed by atoms with van der Waals surface area (Å²) in [5, 5.41) is 6.99. The lowest BCUT2D eigenvalue weighted by Crippen LogP contribution is -2.04. The highest BCUT2D eigenvalue weighted by molar-refractivity contribution is 7.92. The fraction of sp³-hybridized carbons (Fsp3) is 0.111. The molecule has 2 N–H and O–H groups in total. The molecule has 0 unspecified atom stereocenters. The van der Waals surface area contributed by atoms with Crippen LogP contribution in [0.3, 0.4) is 0 Å². The van der Waals surface area contributed by atoms with Crippen LogP contribution in [-0.4, -0.2) is 18.6 Å². The quantitative estimate of drug-likeness (QED) is 0.909. The number of rotatable bonds is 3. The average Bonchev–Trinajstić information content (AvgIpc) is 2.65. The van der Waals surface area contributed by atoms with Crippen molar-refractivity contribution in [1.82, 2.24) is 10.2 Å². The summed E-state index contributed by atoms with van der Waals surface area (Å²) in [5.74, 6) is -0.797. The van der Waals surface area contributed by atoms with Crippen molar-refractivity contribution in [1.29, 1.82) is 0 Å². The molecule has 0 aliphatic carbocycles. The molecule has 90 valence electrons. The second-order valence-electron chi connectivity index (χ2n) is 3.30. The van der Waals surface area contributed by atoms with Gasteiger partial charge in [0.25, 0.3) is 0 Å². The highest BCUT2D eigenvalue weighted by Gasteiger charge is 2.20. The van der Waals surface area contributed by atoms with Crippen molar-refractivity contribution in [3.63, 3.8) is 0 Å². The normalized spacial score (nSPS) is 11.6. The minimum Gasteiger partial charge on any atom is -0.374 e. The van der Waals surface area contributed by atoms with E-state index in [0.29, 0.717) is 5.56 Å². The van der Waals surface area contributed by atoms with Crippen LogP contribution >= 0.6 is 11.3 Å². The van der Waals surface area contributed by atoms with Crippen LogP contribution in [0, 0.1) is 5.82 Å². The van der Waals surface area contributed by atoms with Crippen LogP contribution in [0.5, 0.6) is 0 Å². The van der Waals surface area contributed by atoms with E-state index >= 15 is 0 Å². The maximum Gasteiger partial charge on any atom is 0.234 e. The molecule has 0 aliphatic rings. The molecule has 0 saturated heterocycles. The predicted molar refractivity (Wildman–Crippen MR) is 61.6 cm³/mol. The van der Waals surface area contributed by atoms with E-state index in [2.05, 4.69) is 10.2 Å². The fourth-order valence-corrected chi connectivity index (χ4v) is 3.44. The average molecular weight is 273 g/mol. The van der Waals surface area contributed by atoms with E-state index < -0.39 is 15.7 Å². The van der Waals surface area contributed by atoms with Crippen LogP contribution in [0.2, 0.25) is 0 Å². The Morgan fingerprint density at radius 2 is 2.12 bits per heavy atom. The molecule has 0 saturated carbocycles. The van der Waals surface area contributed by atoms with Crippen molar-refractivity contribution in [3.05, 3.63) is 35.6 Å². The largest absolute Gasteiger partial charge is 0.374 e. The number of nitrogens with zero attached hydrogens (tertiary/aromatic N) is 2. The molecule has 0 radical (unpaired) electrons. The fourth-order valence-electron chi connectivity index (χ4n) is 1.25. The van der Waals surface area contributed by atoms with E-state index in [0.717, 1.165) is 11.3 Å². The Morgan fingerprint density at radius 1 is 1.35 bits per heavy atom. The number of anilines is 1. The van der Waals surface area contributed by atoms with Gasteiger partial charge in [-0.2, -0.15) is 0 Å². The van der Waals surface area contributed by atoms with Gasteiger partial charge in [0.2, 0.25) is 19.3 Å². The molecule has 1 aromatic carbocycles. The molecule has 8 heteroatoms. The molecular formula is C9H8FN3O2S2. The Balaban J connectivity index is 2.29. The van der Waals surface area contributed by atoms with Gasteiger partial charge in [0.1, 0.15) is 5.82 Å². The Labute approximate surface area is 101 Å². The van der Waals surface area contributed by atoms with Crippen LogP contribution in [0.1, 0.15) is 5.56 Å². The Morgan fingerprint density at radius 3 is 2.71 bits per heavy atom. The van der Waals surface area contributed by atoms with Crippen molar-refractivity contribution in [3.8, 4) is 0 Å². The third-order valence-electron chi connectivity index (χ3n) is 1.93. The van der Waals surface area contributed by atoms with E-state index in [-0.39, 0.29) is 15.2 Å². The zero-order chi connectivity index (χ0) is 12.5. The van der Waals surface area contributed by atoms with Crippen LogP contribution in [0.15, 0.2) is 28.6 Å². The summed E-state index contributed by atoms with van der Waals surface area (Å²) >= 11 is 0.792. The monoisotopic (exact) mass is 273 g/mol. The number of sulfone groups is 1. The Bertz CT molecular complexity index is 639.